The van der Waals surface area contributed by atoms with Gasteiger partial charge in [0.05, 0.1) is 5.69 Å². The summed E-state index contributed by atoms with van der Waals surface area (Å²) in [6, 6.07) is 10.4. The molecular formula is C17H16IN3O3. The molecule has 0 fully saturated rings. The van der Waals surface area contributed by atoms with Gasteiger partial charge in [-0.05, 0) is 59.0 Å². The second-order valence-electron chi connectivity index (χ2n) is 5.11. The largest absolute Gasteiger partial charge is 0.464 e. The molecule has 0 unspecified atom stereocenters. The number of carboxylic acid groups (broad SMARTS) is 1. The lowest BCUT2D eigenvalue weighted by Crippen LogP contribution is -2.23. The maximum atomic E-state index is 12.1. The molecule has 124 valence electrons. The van der Waals surface area contributed by atoms with Gasteiger partial charge in [0.2, 0.25) is 0 Å². The number of benzene rings is 1. The molecule has 0 saturated carbocycles. The summed E-state index contributed by atoms with van der Waals surface area (Å²) in [4.78, 5) is 30.5. The zero-order chi connectivity index (χ0) is 17.7. The number of amides is 1. The Balaban J connectivity index is 2.20. The molecule has 2 rings (SSSR count). The summed E-state index contributed by atoms with van der Waals surface area (Å²) in [6.45, 7) is 0. The lowest BCUT2D eigenvalue weighted by molar-refractivity contribution is 0.104. The number of hydrogen-bond donors (Lipinski definition) is 1. The van der Waals surface area contributed by atoms with E-state index in [-0.39, 0.29) is 5.78 Å². The van der Waals surface area contributed by atoms with Crippen LogP contribution in [0.15, 0.2) is 54.9 Å². The lowest BCUT2D eigenvalue weighted by Gasteiger charge is -2.17. The SMILES string of the molecule is CN(C)c1ccc(N(C=CC(=O)c2ccc(I)nc2)C(=O)O)cc1. The molecule has 0 aliphatic rings. The topological polar surface area (TPSA) is 73.7 Å². The number of ketones is 1. The molecule has 1 amide bonds. The third-order valence-electron chi connectivity index (χ3n) is 3.24. The summed E-state index contributed by atoms with van der Waals surface area (Å²) in [5.74, 6) is -0.310. The minimum Gasteiger partial charge on any atom is -0.464 e. The number of pyridine rings is 1. The minimum absolute atomic E-state index is 0.310. The highest BCUT2D eigenvalue weighted by atomic mass is 127. The van der Waals surface area contributed by atoms with Crippen LogP contribution in [0.2, 0.25) is 0 Å². The van der Waals surface area contributed by atoms with Gasteiger partial charge in [-0.15, -0.1) is 0 Å². The molecule has 0 aliphatic carbocycles. The minimum atomic E-state index is -1.17. The predicted octanol–water partition coefficient (Wildman–Crippen LogP) is 3.63. The van der Waals surface area contributed by atoms with Gasteiger partial charge in [-0.25, -0.2) is 9.78 Å². The van der Waals surface area contributed by atoms with Crippen LogP contribution in [0.25, 0.3) is 0 Å². The van der Waals surface area contributed by atoms with E-state index in [2.05, 4.69) is 4.98 Å². The zero-order valence-corrected chi connectivity index (χ0v) is 15.3. The van der Waals surface area contributed by atoms with Crippen LogP contribution in [0.3, 0.4) is 0 Å². The van der Waals surface area contributed by atoms with Crippen molar-refractivity contribution < 1.29 is 14.7 Å². The number of hydrogen-bond acceptors (Lipinski definition) is 4. The van der Waals surface area contributed by atoms with Gasteiger partial charge < -0.3 is 10.0 Å². The van der Waals surface area contributed by atoms with E-state index in [0.29, 0.717) is 11.3 Å². The molecule has 0 bridgehead atoms. The van der Waals surface area contributed by atoms with Gasteiger partial charge >= 0.3 is 6.09 Å². The Hall–Kier alpha value is -2.42. The van der Waals surface area contributed by atoms with E-state index >= 15 is 0 Å². The van der Waals surface area contributed by atoms with Crippen LogP contribution in [0.5, 0.6) is 0 Å². The third-order valence-corrected chi connectivity index (χ3v) is 3.88. The van der Waals surface area contributed by atoms with Crippen molar-refractivity contribution in [3.05, 3.63) is 64.1 Å². The van der Waals surface area contributed by atoms with E-state index in [9.17, 15) is 14.7 Å². The van der Waals surface area contributed by atoms with Crippen LogP contribution in [-0.4, -0.2) is 36.1 Å². The van der Waals surface area contributed by atoms with Crippen molar-refractivity contribution in [3.63, 3.8) is 0 Å². The summed E-state index contributed by atoms with van der Waals surface area (Å²) in [6.07, 6.45) is 2.76. The van der Waals surface area contributed by atoms with Crippen LogP contribution < -0.4 is 9.80 Å². The first kappa shape index (κ1) is 17.9. The molecule has 0 atom stereocenters. The Bertz CT molecular complexity index is 756. The van der Waals surface area contributed by atoms with Crippen LogP contribution in [0.1, 0.15) is 10.4 Å². The highest BCUT2D eigenvalue weighted by Gasteiger charge is 2.12. The van der Waals surface area contributed by atoms with Crippen molar-refractivity contribution in [2.75, 3.05) is 23.9 Å². The summed E-state index contributed by atoms with van der Waals surface area (Å²) in [5.41, 5.74) is 1.81. The molecule has 0 spiro atoms. The average molecular weight is 437 g/mol. The van der Waals surface area contributed by atoms with Gasteiger partial charge in [0, 0.05) is 43.8 Å². The number of aromatic nitrogens is 1. The van der Waals surface area contributed by atoms with Crippen LogP contribution >= 0.6 is 22.6 Å². The number of anilines is 2. The Morgan fingerprint density at radius 3 is 2.21 bits per heavy atom. The monoisotopic (exact) mass is 437 g/mol. The van der Waals surface area contributed by atoms with E-state index in [1.807, 2.05) is 53.7 Å². The molecule has 1 N–H and O–H groups in total. The second kappa shape index (κ2) is 7.91. The summed E-state index contributed by atoms with van der Waals surface area (Å²) >= 11 is 2.05. The number of halogens is 1. The van der Waals surface area contributed by atoms with Crippen molar-refractivity contribution in [2.24, 2.45) is 0 Å². The van der Waals surface area contributed by atoms with Crippen molar-refractivity contribution in [1.82, 2.24) is 4.98 Å². The van der Waals surface area contributed by atoms with Crippen LogP contribution in [0, 0.1) is 3.70 Å². The van der Waals surface area contributed by atoms with Gasteiger partial charge in [0.1, 0.15) is 3.70 Å². The van der Waals surface area contributed by atoms with Gasteiger partial charge in [-0.2, -0.15) is 0 Å². The molecule has 0 aliphatic heterocycles. The van der Waals surface area contributed by atoms with Crippen molar-refractivity contribution >= 4 is 45.8 Å². The summed E-state index contributed by atoms with van der Waals surface area (Å²) in [7, 11) is 3.80. The fraction of sp³-hybridized carbons (Fsp3) is 0.118. The highest BCUT2D eigenvalue weighted by Crippen LogP contribution is 2.20. The lowest BCUT2D eigenvalue weighted by atomic mass is 10.2. The van der Waals surface area contributed by atoms with Gasteiger partial charge in [0.25, 0.3) is 0 Å². The smallest absolute Gasteiger partial charge is 0.415 e. The van der Waals surface area contributed by atoms with E-state index < -0.39 is 6.09 Å². The first-order chi connectivity index (χ1) is 11.4. The normalized spacial score (nSPS) is 10.6. The third kappa shape index (κ3) is 4.54. The Labute approximate surface area is 153 Å². The number of carbonyl (C=O) groups excluding carboxylic acids is 1. The maximum absolute atomic E-state index is 12.1. The molecule has 1 aromatic carbocycles. The van der Waals surface area contributed by atoms with Gasteiger partial charge in [0.15, 0.2) is 5.78 Å². The van der Waals surface area contributed by atoms with Crippen molar-refractivity contribution in [2.45, 2.75) is 0 Å². The van der Waals surface area contributed by atoms with E-state index in [4.69, 9.17) is 0 Å². The first-order valence-electron chi connectivity index (χ1n) is 7.02. The predicted molar refractivity (Wildman–Crippen MR) is 102 cm³/mol. The molecule has 6 nitrogen and oxygen atoms in total. The molecule has 2 aromatic rings. The molecular weight excluding hydrogens is 421 g/mol. The first-order valence-corrected chi connectivity index (χ1v) is 8.10. The fourth-order valence-electron chi connectivity index (χ4n) is 1.93. The quantitative estimate of drug-likeness (QED) is 0.335. The van der Waals surface area contributed by atoms with Crippen LogP contribution in [-0.2, 0) is 0 Å². The van der Waals surface area contributed by atoms with Gasteiger partial charge in [-0.1, -0.05) is 0 Å². The zero-order valence-electron chi connectivity index (χ0n) is 13.2. The molecule has 7 heteroatoms. The standard InChI is InChI=1S/C17H16IN3O3/c1-20(2)13-4-6-14(7-5-13)21(17(23)24)10-9-15(22)12-3-8-16(18)19-11-12/h3-11H,1-2H3,(H,23,24). The van der Waals surface area contributed by atoms with E-state index in [0.717, 1.165) is 14.3 Å². The highest BCUT2D eigenvalue weighted by molar-refractivity contribution is 14.1. The van der Waals surface area contributed by atoms with Crippen LogP contribution in [0.4, 0.5) is 16.2 Å². The molecule has 1 heterocycles. The summed E-state index contributed by atoms with van der Waals surface area (Å²) in [5, 5.41) is 9.36. The van der Waals surface area contributed by atoms with E-state index in [1.165, 1.54) is 18.5 Å². The summed E-state index contributed by atoms with van der Waals surface area (Å²) < 4.78 is 0.779. The fourth-order valence-corrected chi connectivity index (χ4v) is 2.25. The Kier molecular flexibility index (Phi) is 5.91. The average Bonchev–Trinajstić information content (AvgIpc) is 2.55. The maximum Gasteiger partial charge on any atom is 0.415 e. The molecule has 24 heavy (non-hydrogen) atoms. The van der Waals surface area contributed by atoms with Crippen molar-refractivity contribution in [3.8, 4) is 0 Å². The molecule has 1 aromatic heterocycles. The Morgan fingerprint density at radius 1 is 1.08 bits per heavy atom. The Morgan fingerprint density at radius 2 is 1.71 bits per heavy atom. The second-order valence-corrected chi connectivity index (χ2v) is 6.22. The number of rotatable bonds is 5. The van der Waals surface area contributed by atoms with E-state index in [1.54, 1.807) is 24.3 Å². The van der Waals surface area contributed by atoms with Gasteiger partial charge in [-0.3, -0.25) is 9.69 Å². The van der Waals surface area contributed by atoms with Crippen molar-refractivity contribution in [1.29, 1.82) is 0 Å². The molecule has 0 radical (unpaired) electrons. The molecule has 0 saturated heterocycles. The number of allylic oxidation sites excluding steroid dienone is 1. The number of nitrogens with zero attached hydrogens (tertiary/aromatic N) is 3. The number of carbonyl (C=O) groups is 2.